The van der Waals surface area contributed by atoms with Gasteiger partial charge in [0.15, 0.2) is 0 Å². The molecule has 0 atom stereocenters. The number of aromatic nitrogens is 2. The van der Waals surface area contributed by atoms with Crippen molar-refractivity contribution < 1.29 is 21.6 Å². The van der Waals surface area contributed by atoms with Crippen LogP contribution in [0.25, 0.3) is 0 Å². The maximum atomic E-state index is 12.8. The molecule has 21 heavy (non-hydrogen) atoms. The summed E-state index contributed by atoms with van der Waals surface area (Å²) in [6.07, 6.45) is -2.88. The molecule has 6 nitrogen and oxygen atoms in total. The van der Waals surface area contributed by atoms with E-state index in [4.69, 9.17) is 5.73 Å². The normalized spacial score (nSPS) is 12.1. The standard InChI is InChI=1S/C11H9F3N4O2S/c12-11(13,14)8-3-1-2-4-9(8)18-21(19,20)7-5-16-10(15)17-6-7/h1-6,18H,(H2,15,16,17). The fraction of sp³-hybridized carbons (Fsp3) is 0.0909. The number of nitrogens with two attached hydrogens (primary N) is 1. The number of rotatable bonds is 3. The molecule has 0 bridgehead atoms. The number of hydrogen-bond acceptors (Lipinski definition) is 5. The Morgan fingerprint density at radius 3 is 2.24 bits per heavy atom. The van der Waals surface area contributed by atoms with Crippen LogP contribution in [0.3, 0.4) is 0 Å². The molecular formula is C11H9F3N4O2S. The lowest BCUT2D eigenvalue weighted by molar-refractivity contribution is -0.136. The summed E-state index contributed by atoms with van der Waals surface area (Å²) in [5.41, 5.74) is 3.54. The number of hydrogen-bond donors (Lipinski definition) is 2. The van der Waals surface area contributed by atoms with Crippen LogP contribution < -0.4 is 10.5 Å². The van der Waals surface area contributed by atoms with Crippen molar-refractivity contribution in [3.63, 3.8) is 0 Å². The molecule has 0 spiro atoms. The smallest absolute Gasteiger partial charge is 0.368 e. The molecule has 0 aliphatic rings. The van der Waals surface area contributed by atoms with E-state index in [-0.39, 0.29) is 5.95 Å². The number of sulfonamides is 1. The lowest BCUT2D eigenvalue weighted by atomic mass is 10.2. The highest BCUT2D eigenvalue weighted by Gasteiger charge is 2.34. The van der Waals surface area contributed by atoms with Crippen LogP contribution in [0.1, 0.15) is 5.56 Å². The van der Waals surface area contributed by atoms with Gasteiger partial charge in [-0.1, -0.05) is 12.1 Å². The first-order chi connectivity index (χ1) is 9.70. The number of nitrogen functional groups attached to an aromatic ring is 1. The Bertz CT molecular complexity index is 745. The highest BCUT2D eigenvalue weighted by Crippen LogP contribution is 2.35. The second-order valence-electron chi connectivity index (χ2n) is 3.93. The first-order valence-electron chi connectivity index (χ1n) is 5.47. The largest absolute Gasteiger partial charge is 0.418 e. The van der Waals surface area contributed by atoms with Crippen LogP contribution in [-0.4, -0.2) is 18.4 Å². The van der Waals surface area contributed by atoms with Crippen LogP contribution in [-0.2, 0) is 16.2 Å². The maximum absolute atomic E-state index is 12.8. The summed E-state index contributed by atoms with van der Waals surface area (Å²) in [5.74, 6) is -0.148. The van der Waals surface area contributed by atoms with Crippen molar-refractivity contribution in [1.29, 1.82) is 0 Å². The number of anilines is 2. The summed E-state index contributed by atoms with van der Waals surface area (Å²) in [4.78, 5) is 6.57. The zero-order valence-electron chi connectivity index (χ0n) is 10.3. The van der Waals surface area contributed by atoms with Crippen molar-refractivity contribution in [3.8, 4) is 0 Å². The van der Waals surface area contributed by atoms with Crippen LogP contribution in [0.4, 0.5) is 24.8 Å². The molecule has 2 aromatic rings. The number of nitrogens with one attached hydrogen (secondary N) is 1. The van der Waals surface area contributed by atoms with E-state index in [1.807, 2.05) is 4.72 Å². The summed E-state index contributed by atoms with van der Waals surface area (Å²) in [7, 11) is -4.24. The van der Waals surface area contributed by atoms with Gasteiger partial charge in [0.25, 0.3) is 10.0 Å². The summed E-state index contributed by atoms with van der Waals surface area (Å²) in [6.45, 7) is 0. The Morgan fingerprint density at radius 1 is 1.10 bits per heavy atom. The number of benzene rings is 1. The molecule has 0 aliphatic heterocycles. The van der Waals surface area contributed by atoms with Gasteiger partial charge in [0, 0.05) is 0 Å². The third-order valence-electron chi connectivity index (χ3n) is 2.44. The maximum Gasteiger partial charge on any atom is 0.418 e. The molecule has 112 valence electrons. The Balaban J connectivity index is 2.40. The first-order valence-corrected chi connectivity index (χ1v) is 6.95. The van der Waals surface area contributed by atoms with Crippen molar-refractivity contribution >= 4 is 21.7 Å². The summed E-state index contributed by atoms with van der Waals surface area (Å²) >= 11 is 0. The van der Waals surface area contributed by atoms with Gasteiger partial charge in [-0.2, -0.15) is 13.2 Å². The van der Waals surface area contributed by atoms with Crippen molar-refractivity contribution in [3.05, 3.63) is 42.2 Å². The molecule has 0 fully saturated rings. The fourth-order valence-corrected chi connectivity index (χ4v) is 2.46. The van der Waals surface area contributed by atoms with Crippen molar-refractivity contribution in [2.24, 2.45) is 0 Å². The monoisotopic (exact) mass is 318 g/mol. The molecule has 2 rings (SSSR count). The van der Waals surface area contributed by atoms with Crippen LogP contribution in [0.15, 0.2) is 41.6 Å². The topological polar surface area (TPSA) is 98.0 Å². The summed E-state index contributed by atoms with van der Waals surface area (Å²) in [5, 5.41) is 0. The van der Waals surface area contributed by atoms with E-state index in [0.29, 0.717) is 0 Å². The van der Waals surface area contributed by atoms with E-state index >= 15 is 0 Å². The van der Waals surface area contributed by atoms with Gasteiger partial charge in [-0.05, 0) is 12.1 Å². The van der Waals surface area contributed by atoms with Gasteiger partial charge >= 0.3 is 6.18 Å². The molecule has 0 saturated heterocycles. The third-order valence-corrected chi connectivity index (χ3v) is 3.76. The summed E-state index contributed by atoms with van der Waals surface area (Å²) in [6, 6.07) is 4.23. The number of para-hydroxylation sites is 1. The lowest BCUT2D eigenvalue weighted by Crippen LogP contribution is -2.17. The van der Waals surface area contributed by atoms with Crippen LogP contribution in [0, 0.1) is 0 Å². The zero-order valence-corrected chi connectivity index (χ0v) is 11.1. The highest BCUT2D eigenvalue weighted by atomic mass is 32.2. The van der Waals surface area contributed by atoms with Gasteiger partial charge < -0.3 is 5.73 Å². The van der Waals surface area contributed by atoms with E-state index in [0.717, 1.165) is 30.6 Å². The van der Waals surface area contributed by atoms with Gasteiger partial charge in [0.2, 0.25) is 5.95 Å². The quantitative estimate of drug-likeness (QED) is 0.900. The Labute approximate surface area is 117 Å². The minimum atomic E-state index is -4.68. The van der Waals surface area contributed by atoms with E-state index in [9.17, 15) is 21.6 Å². The molecule has 1 aromatic carbocycles. The number of halogens is 3. The molecule has 0 unspecified atom stereocenters. The molecule has 0 aliphatic carbocycles. The fourth-order valence-electron chi connectivity index (χ4n) is 1.49. The van der Waals surface area contributed by atoms with Gasteiger partial charge in [-0.25, -0.2) is 18.4 Å². The zero-order chi connectivity index (χ0) is 15.7. The van der Waals surface area contributed by atoms with Gasteiger partial charge in [0.1, 0.15) is 4.90 Å². The summed E-state index contributed by atoms with van der Waals surface area (Å²) < 4.78 is 64.3. The number of nitrogens with zero attached hydrogens (tertiary/aromatic N) is 2. The molecule has 0 amide bonds. The molecule has 0 saturated carbocycles. The second-order valence-corrected chi connectivity index (χ2v) is 5.61. The van der Waals surface area contributed by atoms with E-state index in [2.05, 4.69) is 9.97 Å². The van der Waals surface area contributed by atoms with Crippen LogP contribution in [0.5, 0.6) is 0 Å². The first kappa shape index (κ1) is 15.0. The Morgan fingerprint density at radius 2 is 1.67 bits per heavy atom. The van der Waals surface area contributed by atoms with E-state index < -0.39 is 32.3 Å². The van der Waals surface area contributed by atoms with Crippen LogP contribution >= 0.6 is 0 Å². The molecule has 0 radical (unpaired) electrons. The molecule has 1 heterocycles. The van der Waals surface area contributed by atoms with Crippen LogP contribution in [0.2, 0.25) is 0 Å². The van der Waals surface area contributed by atoms with Gasteiger partial charge in [-0.3, -0.25) is 4.72 Å². The predicted molar refractivity (Wildman–Crippen MR) is 68.7 cm³/mol. The molecule has 1 aromatic heterocycles. The predicted octanol–water partition coefficient (Wildman–Crippen LogP) is 1.88. The highest BCUT2D eigenvalue weighted by molar-refractivity contribution is 7.92. The third kappa shape index (κ3) is 3.40. The lowest BCUT2D eigenvalue weighted by Gasteiger charge is -2.14. The second kappa shape index (κ2) is 5.20. The van der Waals surface area contributed by atoms with Gasteiger partial charge in [-0.15, -0.1) is 0 Å². The van der Waals surface area contributed by atoms with E-state index in [1.165, 1.54) is 6.07 Å². The minimum Gasteiger partial charge on any atom is -0.368 e. The van der Waals surface area contributed by atoms with E-state index in [1.54, 1.807) is 0 Å². The molecule has 3 N–H and O–H groups in total. The number of alkyl halides is 3. The Hall–Kier alpha value is -2.36. The molecular weight excluding hydrogens is 309 g/mol. The van der Waals surface area contributed by atoms with Crippen molar-refractivity contribution in [1.82, 2.24) is 9.97 Å². The minimum absolute atomic E-state index is 0.148. The SMILES string of the molecule is Nc1ncc(S(=O)(=O)Nc2ccccc2C(F)(F)F)cn1. The van der Waals surface area contributed by atoms with Crippen molar-refractivity contribution in [2.45, 2.75) is 11.1 Å². The van der Waals surface area contributed by atoms with Crippen molar-refractivity contribution in [2.75, 3.05) is 10.5 Å². The average molecular weight is 318 g/mol. The molecule has 10 heteroatoms. The Kier molecular flexibility index (Phi) is 3.73. The van der Waals surface area contributed by atoms with Gasteiger partial charge in [0.05, 0.1) is 23.6 Å². The average Bonchev–Trinajstić information content (AvgIpc) is 2.38.